The fourth-order valence-electron chi connectivity index (χ4n) is 3.74. The molecule has 168 valence electrons. The molecule has 0 saturated carbocycles. The van der Waals surface area contributed by atoms with Crippen molar-refractivity contribution in [2.45, 2.75) is 20.3 Å². The van der Waals surface area contributed by atoms with E-state index in [1.165, 1.54) is 0 Å². The summed E-state index contributed by atoms with van der Waals surface area (Å²) in [4.78, 5) is 24.9. The van der Waals surface area contributed by atoms with Gasteiger partial charge in [-0.2, -0.15) is 5.10 Å². The summed E-state index contributed by atoms with van der Waals surface area (Å²) in [5, 5.41) is 11.1. The Morgan fingerprint density at radius 1 is 1.03 bits per heavy atom. The smallest absolute Gasteiger partial charge is 0.183 e. The first-order valence-corrected chi connectivity index (χ1v) is 11.1. The molecule has 0 atom stereocenters. The Bertz CT molecular complexity index is 1480. The molecular weight excluding hydrogens is 424 g/mol. The molecule has 0 bridgehead atoms. The van der Waals surface area contributed by atoms with Crippen LogP contribution < -0.4 is 5.32 Å². The largest absolute Gasteiger partial charge is 0.352 e. The highest BCUT2D eigenvalue weighted by Crippen LogP contribution is 2.26. The van der Waals surface area contributed by atoms with Gasteiger partial charge < -0.3 is 10.3 Å². The van der Waals surface area contributed by atoms with Gasteiger partial charge in [-0.25, -0.2) is 9.97 Å². The zero-order valence-electron chi connectivity index (χ0n) is 19.0. The van der Waals surface area contributed by atoms with Gasteiger partial charge in [0.25, 0.3) is 0 Å². The summed E-state index contributed by atoms with van der Waals surface area (Å²) in [5.74, 6) is 1.38. The number of Topliss-reactive ketones (excluding diaryl/α,β-unsaturated/α-hetero) is 1. The SMILES string of the molecule is C/C=C(\C)CC(=O)c1cc2ccc(-c3nccc(Nc4ccc(-c5cn[nH]c5)cc4)n3)cc2[nH]1. The van der Waals surface area contributed by atoms with Gasteiger partial charge in [0.1, 0.15) is 5.82 Å². The van der Waals surface area contributed by atoms with Gasteiger partial charge in [0.2, 0.25) is 0 Å². The molecule has 5 rings (SSSR count). The maximum absolute atomic E-state index is 12.5. The van der Waals surface area contributed by atoms with Gasteiger partial charge in [0.15, 0.2) is 11.6 Å². The average molecular weight is 449 g/mol. The van der Waals surface area contributed by atoms with E-state index in [0.29, 0.717) is 23.8 Å². The zero-order chi connectivity index (χ0) is 23.5. The number of benzene rings is 2. The molecule has 3 N–H and O–H groups in total. The summed E-state index contributed by atoms with van der Waals surface area (Å²) < 4.78 is 0. The molecule has 0 spiro atoms. The first-order valence-electron chi connectivity index (χ1n) is 11.1. The van der Waals surface area contributed by atoms with Gasteiger partial charge in [0, 0.05) is 46.5 Å². The van der Waals surface area contributed by atoms with Crippen molar-refractivity contribution in [1.29, 1.82) is 0 Å². The highest BCUT2D eigenvalue weighted by Gasteiger charge is 2.12. The minimum Gasteiger partial charge on any atom is -0.352 e. The molecule has 7 nitrogen and oxygen atoms in total. The molecule has 0 aliphatic carbocycles. The number of ketones is 1. The van der Waals surface area contributed by atoms with Crippen LogP contribution in [-0.4, -0.2) is 30.9 Å². The fraction of sp³-hybridized carbons (Fsp3) is 0.111. The van der Waals surface area contributed by atoms with Crippen LogP contribution in [0.2, 0.25) is 0 Å². The van der Waals surface area contributed by atoms with E-state index in [9.17, 15) is 4.79 Å². The van der Waals surface area contributed by atoms with Crippen LogP contribution in [0, 0.1) is 0 Å². The van der Waals surface area contributed by atoms with Crippen LogP contribution in [0.3, 0.4) is 0 Å². The van der Waals surface area contributed by atoms with Crippen molar-refractivity contribution in [3.05, 3.63) is 90.5 Å². The minimum atomic E-state index is 0.0783. The predicted molar refractivity (Wildman–Crippen MR) is 135 cm³/mol. The highest BCUT2D eigenvalue weighted by atomic mass is 16.1. The van der Waals surface area contributed by atoms with Gasteiger partial charge in [0.05, 0.1) is 11.9 Å². The number of nitrogens with one attached hydrogen (secondary N) is 3. The maximum Gasteiger partial charge on any atom is 0.183 e. The van der Waals surface area contributed by atoms with Gasteiger partial charge >= 0.3 is 0 Å². The van der Waals surface area contributed by atoms with E-state index in [0.717, 1.165) is 38.9 Å². The number of fused-ring (bicyclic) bond motifs is 1. The Morgan fingerprint density at radius 3 is 2.62 bits per heavy atom. The minimum absolute atomic E-state index is 0.0783. The molecule has 5 aromatic rings. The second-order valence-electron chi connectivity index (χ2n) is 8.17. The van der Waals surface area contributed by atoms with Crippen LogP contribution in [0.1, 0.15) is 30.8 Å². The van der Waals surface area contributed by atoms with E-state index in [2.05, 4.69) is 30.5 Å². The maximum atomic E-state index is 12.5. The van der Waals surface area contributed by atoms with Crippen molar-refractivity contribution in [2.24, 2.45) is 0 Å². The zero-order valence-corrected chi connectivity index (χ0v) is 19.0. The number of aromatic amines is 2. The first kappa shape index (κ1) is 21.3. The van der Waals surface area contributed by atoms with Crippen LogP contribution in [0.5, 0.6) is 0 Å². The summed E-state index contributed by atoms with van der Waals surface area (Å²) in [6, 6.07) is 17.7. The lowest BCUT2D eigenvalue weighted by atomic mass is 10.1. The molecule has 2 aromatic carbocycles. The van der Waals surface area contributed by atoms with E-state index >= 15 is 0 Å². The van der Waals surface area contributed by atoms with Crippen LogP contribution >= 0.6 is 0 Å². The van der Waals surface area contributed by atoms with Gasteiger partial charge in [-0.3, -0.25) is 9.89 Å². The lowest BCUT2D eigenvalue weighted by molar-refractivity contribution is 0.0989. The number of nitrogens with zero attached hydrogens (tertiary/aromatic N) is 3. The Kier molecular flexibility index (Phi) is 5.74. The third-order valence-electron chi connectivity index (χ3n) is 5.76. The number of H-pyrrole nitrogens is 2. The van der Waals surface area contributed by atoms with Crippen LogP contribution in [0.25, 0.3) is 33.4 Å². The molecule has 0 fully saturated rings. The molecule has 0 unspecified atom stereocenters. The Balaban J connectivity index is 1.36. The topological polar surface area (TPSA) is 99.3 Å². The molecule has 0 amide bonds. The van der Waals surface area contributed by atoms with E-state index < -0.39 is 0 Å². The first-order chi connectivity index (χ1) is 16.6. The molecule has 3 aromatic heterocycles. The fourth-order valence-corrected chi connectivity index (χ4v) is 3.74. The van der Waals surface area contributed by atoms with Crippen LogP contribution in [0.15, 0.2) is 84.8 Å². The van der Waals surface area contributed by atoms with E-state index in [1.807, 2.05) is 80.7 Å². The van der Waals surface area contributed by atoms with E-state index in [4.69, 9.17) is 0 Å². The number of carbonyl (C=O) groups is 1. The van der Waals surface area contributed by atoms with Gasteiger partial charge in [-0.05, 0) is 49.7 Å². The number of anilines is 2. The summed E-state index contributed by atoms with van der Waals surface area (Å²) in [6.07, 6.45) is 7.77. The van der Waals surface area contributed by atoms with Crippen molar-refractivity contribution in [2.75, 3.05) is 5.32 Å². The normalized spacial score (nSPS) is 11.6. The second-order valence-corrected chi connectivity index (χ2v) is 8.17. The van der Waals surface area contributed by atoms with E-state index in [-0.39, 0.29) is 5.78 Å². The number of hydrogen-bond donors (Lipinski definition) is 3. The highest BCUT2D eigenvalue weighted by molar-refractivity contribution is 6.01. The van der Waals surface area contributed by atoms with Crippen molar-refractivity contribution < 1.29 is 4.79 Å². The van der Waals surface area contributed by atoms with Crippen molar-refractivity contribution in [3.63, 3.8) is 0 Å². The summed E-state index contributed by atoms with van der Waals surface area (Å²) in [7, 11) is 0. The summed E-state index contributed by atoms with van der Waals surface area (Å²) >= 11 is 0. The second kappa shape index (κ2) is 9.15. The molecule has 0 aliphatic heterocycles. The monoisotopic (exact) mass is 448 g/mol. The summed E-state index contributed by atoms with van der Waals surface area (Å²) in [6.45, 7) is 3.91. The number of rotatable bonds is 7. The Labute approximate surface area is 197 Å². The molecular formula is C27H24N6O. The molecule has 7 heteroatoms. The Hall–Kier alpha value is -4.52. The third kappa shape index (κ3) is 4.49. The summed E-state index contributed by atoms with van der Waals surface area (Å²) in [5.41, 5.74) is 6.48. The lowest BCUT2D eigenvalue weighted by Gasteiger charge is -2.08. The standard InChI is InChI=1S/C27H24N6O/c1-3-17(2)12-25(34)24-13-19-4-5-20(14-23(19)32-24)27-28-11-10-26(33-27)31-22-8-6-18(7-9-22)21-15-29-30-16-21/h3-11,13-16,32H,12H2,1-2H3,(H,29,30)(H,28,31,33)/b17-3+. The lowest BCUT2D eigenvalue weighted by Crippen LogP contribution is -1.99. The quantitative estimate of drug-likeness (QED) is 0.200. The third-order valence-corrected chi connectivity index (χ3v) is 5.76. The number of hydrogen-bond acceptors (Lipinski definition) is 5. The number of carbonyl (C=O) groups excluding carboxylic acids is 1. The van der Waals surface area contributed by atoms with Crippen molar-refractivity contribution in [1.82, 2.24) is 25.1 Å². The molecule has 0 radical (unpaired) electrons. The van der Waals surface area contributed by atoms with E-state index in [1.54, 1.807) is 12.4 Å². The van der Waals surface area contributed by atoms with Crippen molar-refractivity contribution in [3.8, 4) is 22.5 Å². The molecule has 34 heavy (non-hydrogen) atoms. The number of aromatic nitrogens is 5. The van der Waals surface area contributed by atoms with Crippen molar-refractivity contribution >= 4 is 28.2 Å². The Morgan fingerprint density at radius 2 is 1.85 bits per heavy atom. The predicted octanol–water partition coefficient (Wildman–Crippen LogP) is 6.30. The van der Waals surface area contributed by atoms with Gasteiger partial charge in [-0.1, -0.05) is 35.9 Å². The number of allylic oxidation sites excluding steroid dienone is 2. The van der Waals surface area contributed by atoms with Gasteiger partial charge in [-0.15, -0.1) is 0 Å². The molecule has 3 heterocycles. The van der Waals surface area contributed by atoms with Crippen LogP contribution in [0.4, 0.5) is 11.5 Å². The molecule has 0 saturated heterocycles. The average Bonchev–Trinajstić information content (AvgIpc) is 3.54. The molecule has 0 aliphatic rings. The van der Waals surface area contributed by atoms with Crippen LogP contribution in [-0.2, 0) is 0 Å².